The van der Waals surface area contributed by atoms with Crippen molar-refractivity contribution < 1.29 is 9.32 Å². The molecule has 2 aromatic rings. The Hall–Kier alpha value is -2.30. The first kappa shape index (κ1) is 14.3. The Morgan fingerprint density at radius 1 is 1.13 bits per heavy atom. The van der Waals surface area contributed by atoms with Crippen LogP contribution >= 0.6 is 0 Å². The van der Waals surface area contributed by atoms with E-state index in [2.05, 4.69) is 34.3 Å². The number of para-hydroxylation sites is 1. The second-order valence-corrected chi connectivity index (χ2v) is 6.52. The zero-order valence-corrected chi connectivity index (χ0v) is 13.4. The average Bonchev–Trinajstić information content (AvgIpc) is 3.30. The predicted octanol–water partition coefficient (Wildman–Crippen LogP) is 2.36. The van der Waals surface area contributed by atoms with Gasteiger partial charge in [-0.15, -0.1) is 0 Å². The number of carbonyl (C=O) groups excluding carboxylic acids is 1. The van der Waals surface area contributed by atoms with Crippen LogP contribution in [0, 0.1) is 6.92 Å². The second-order valence-electron chi connectivity index (χ2n) is 6.52. The number of nitrogens with zero attached hydrogens (tertiary/aromatic N) is 3. The Kier molecular flexibility index (Phi) is 3.36. The summed E-state index contributed by atoms with van der Waals surface area (Å²) in [4.78, 5) is 17.3. The third-order valence-electron chi connectivity index (χ3n) is 4.97. The molecule has 5 heteroatoms. The van der Waals surface area contributed by atoms with Crippen LogP contribution in [-0.2, 0) is 10.2 Å². The number of hydrogen-bond acceptors (Lipinski definition) is 4. The molecule has 0 unspecified atom stereocenters. The first-order valence-electron chi connectivity index (χ1n) is 8.22. The van der Waals surface area contributed by atoms with Gasteiger partial charge in [0, 0.05) is 37.9 Å². The Morgan fingerprint density at radius 2 is 1.83 bits per heavy atom. The zero-order chi connectivity index (χ0) is 15.9. The second kappa shape index (κ2) is 5.41. The van der Waals surface area contributed by atoms with Crippen molar-refractivity contribution in [2.24, 2.45) is 0 Å². The van der Waals surface area contributed by atoms with E-state index in [4.69, 9.17) is 4.52 Å². The van der Waals surface area contributed by atoms with E-state index in [1.165, 1.54) is 5.69 Å². The van der Waals surface area contributed by atoms with Crippen molar-refractivity contribution in [2.45, 2.75) is 25.2 Å². The number of piperazine rings is 1. The van der Waals surface area contributed by atoms with Gasteiger partial charge in [0.25, 0.3) is 0 Å². The van der Waals surface area contributed by atoms with E-state index in [1.54, 1.807) is 0 Å². The zero-order valence-electron chi connectivity index (χ0n) is 13.4. The molecule has 1 aromatic carbocycles. The summed E-state index contributed by atoms with van der Waals surface area (Å²) in [6.45, 7) is 5.17. The summed E-state index contributed by atoms with van der Waals surface area (Å²) in [7, 11) is 0. The van der Waals surface area contributed by atoms with Gasteiger partial charge in [0.05, 0.1) is 11.1 Å². The molecule has 2 aliphatic rings. The van der Waals surface area contributed by atoms with E-state index in [1.807, 2.05) is 24.0 Å². The molecule has 0 atom stereocenters. The van der Waals surface area contributed by atoms with E-state index in [0.29, 0.717) is 0 Å². The summed E-state index contributed by atoms with van der Waals surface area (Å²) in [5.41, 5.74) is 1.63. The molecule has 1 saturated heterocycles. The Balaban J connectivity index is 1.44. The molecule has 1 aliphatic heterocycles. The van der Waals surface area contributed by atoms with Gasteiger partial charge < -0.3 is 14.3 Å². The number of benzene rings is 1. The van der Waals surface area contributed by atoms with Gasteiger partial charge in [-0.1, -0.05) is 23.4 Å². The smallest absolute Gasteiger partial charge is 0.235 e. The minimum absolute atomic E-state index is 0.221. The molecule has 2 heterocycles. The first-order chi connectivity index (χ1) is 11.2. The lowest BCUT2D eigenvalue weighted by molar-refractivity contribution is -0.134. The molecule has 5 nitrogen and oxygen atoms in total. The van der Waals surface area contributed by atoms with Gasteiger partial charge in [-0.2, -0.15) is 0 Å². The number of carbonyl (C=O) groups is 1. The predicted molar refractivity (Wildman–Crippen MR) is 87.4 cm³/mol. The molecule has 1 saturated carbocycles. The maximum absolute atomic E-state index is 13.0. The molecule has 4 rings (SSSR count). The van der Waals surface area contributed by atoms with Crippen molar-refractivity contribution >= 4 is 11.6 Å². The normalized spacial score (nSPS) is 19.7. The highest BCUT2D eigenvalue weighted by atomic mass is 16.5. The summed E-state index contributed by atoms with van der Waals surface area (Å²) in [5.74, 6) is 0.992. The van der Waals surface area contributed by atoms with Crippen molar-refractivity contribution in [2.75, 3.05) is 31.1 Å². The largest absolute Gasteiger partial charge is 0.368 e. The highest BCUT2D eigenvalue weighted by Gasteiger charge is 2.55. The van der Waals surface area contributed by atoms with Crippen LogP contribution in [0.3, 0.4) is 0 Å². The number of aromatic nitrogens is 1. The molecule has 2 fully saturated rings. The Bertz CT molecular complexity index is 698. The van der Waals surface area contributed by atoms with Crippen LogP contribution in [0.2, 0.25) is 0 Å². The van der Waals surface area contributed by atoms with Gasteiger partial charge in [-0.25, -0.2) is 0 Å². The van der Waals surface area contributed by atoms with Crippen molar-refractivity contribution in [3.8, 4) is 0 Å². The molecule has 0 spiro atoms. The van der Waals surface area contributed by atoms with E-state index in [-0.39, 0.29) is 5.91 Å². The van der Waals surface area contributed by atoms with Gasteiger partial charge in [-0.05, 0) is 31.9 Å². The van der Waals surface area contributed by atoms with Crippen molar-refractivity contribution in [3.63, 3.8) is 0 Å². The monoisotopic (exact) mass is 311 g/mol. The van der Waals surface area contributed by atoms with E-state index >= 15 is 0 Å². The third kappa shape index (κ3) is 2.50. The lowest BCUT2D eigenvalue weighted by Crippen LogP contribution is -2.51. The molecular formula is C18H21N3O2. The summed E-state index contributed by atoms with van der Waals surface area (Å²) < 4.78 is 5.17. The molecular weight excluding hydrogens is 290 g/mol. The number of aryl methyl sites for hydroxylation is 1. The maximum atomic E-state index is 13.0. The lowest BCUT2D eigenvalue weighted by Gasteiger charge is -2.37. The van der Waals surface area contributed by atoms with Crippen LogP contribution in [0.1, 0.15) is 24.3 Å². The molecule has 0 bridgehead atoms. The quantitative estimate of drug-likeness (QED) is 0.873. The van der Waals surface area contributed by atoms with Gasteiger partial charge in [0.15, 0.2) is 0 Å². The number of hydrogen-bond donors (Lipinski definition) is 0. The molecule has 0 N–H and O–H groups in total. The van der Waals surface area contributed by atoms with Crippen LogP contribution < -0.4 is 4.90 Å². The van der Waals surface area contributed by atoms with E-state index in [9.17, 15) is 4.79 Å². The van der Waals surface area contributed by atoms with Gasteiger partial charge in [-0.3, -0.25) is 4.79 Å². The SMILES string of the molecule is Cc1cc(C2(C(=O)N3CCN(c4ccccc4)CC3)CC2)no1. The minimum Gasteiger partial charge on any atom is -0.368 e. The topological polar surface area (TPSA) is 49.6 Å². The van der Waals surface area contributed by atoms with Crippen LogP contribution in [0.4, 0.5) is 5.69 Å². The van der Waals surface area contributed by atoms with Crippen molar-refractivity contribution in [3.05, 3.63) is 47.9 Å². The standard InChI is InChI=1S/C18H21N3O2/c1-14-13-16(19-23-14)18(7-8-18)17(22)21-11-9-20(10-12-21)15-5-3-2-4-6-15/h2-6,13H,7-12H2,1H3. The van der Waals surface area contributed by atoms with Crippen molar-refractivity contribution in [1.29, 1.82) is 0 Å². The highest BCUT2D eigenvalue weighted by Crippen LogP contribution is 2.49. The summed E-state index contributed by atoms with van der Waals surface area (Å²) in [5, 5.41) is 4.10. The Morgan fingerprint density at radius 3 is 2.39 bits per heavy atom. The lowest BCUT2D eigenvalue weighted by atomic mass is 10.00. The van der Waals surface area contributed by atoms with Crippen LogP contribution in [0.5, 0.6) is 0 Å². The van der Waals surface area contributed by atoms with E-state index < -0.39 is 5.41 Å². The van der Waals surface area contributed by atoms with Crippen molar-refractivity contribution in [1.82, 2.24) is 10.1 Å². The molecule has 1 aromatic heterocycles. The summed E-state index contributed by atoms with van der Waals surface area (Å²) >= 11 is 0. The third-order valence-corrected chi connectivity index (χ3v) is 4.97. The number of rotatable bonds is 3. The summed E-state index contributed by atoms with van der Waals surface area (Å²) in [6.07, 6.45) is 1.77. The minimum atomic E-state index is -0.410. The molecule has 23 heavy (non-hydrogen) atoms. The fraction of sp³-hybridized carbons (Fsp3) is 0.444. The fourth-order valence-corrected chi connectivity index (χ4v) is 3.41. The van der Waals surface area contributed by atoms with Crippen LogP contribution in [-0.4, -0.2) is 42.1 Å². The molecule has 120 valence electrons. The fourth-order valence-electron chi connectivity index (χ4n) is 3.41. The van der Waals surface area contributed by atoms with Gasteiger partial charge in [0.1, 0.15) is 5.76 Å². The highest BCUT2D eigenvalue weighted by molar-refractivity contribution is 5.91. The number of amides is 1. The van der Waals surface area contributed by atoms with Gasteiger partial charge >= 0.3 is 0 Å². The average molecular weight is 311 g/mol. The van der Waals surface area contributed by atoms with Crippen LogP contribution in [0.15, 0.2) is 40.9 Å². The van der Waals surface area contributed by atoms with E-state index in [0.717, 1.165) is 50.5 Å². The first-order valence-corrected chi connectivity index (χ1v) is 8.22. The maximum Gasteiger partial charge on any atom is 0.235 e. The molecule has 1 aliphatic carbocycles. The van der Waals surface area contributed by atoms with Crippen LogP contribution in [0.25, 0.3) is 0 Å². The summed E-state index contributed by atoms with van der Waals surface area (Å²) in [6, 6.07) is 12.3. The molecule has 0 radical (unpaired) electrons. The Labute approximate surface area is 135 Å². The van der Waals surface area contributed by atoms with Gasteiger partial charge in [0.2, 0.25) is 5.91 Å². The number of anilines is 1. The molecule has 1 amide bonds.